The van der Waals surface area contributed by atoms with Gasteiger partial charge in [-0.1, -0.05) is 54.2 Å². The highest BCUT2D eigenvalue weighted by atomic mass is 32.1. The Morgan fingerprint density at radius 1 is 1.09 bits per heavy atom. The Labute approximate surface area is 201 Å². The summed E-state index contributed by atoms with van der Waals surface area (Å²) in [6, 6.07) is 11.4. The third-order valence-corrected chi connectivity index (χ3v) is 6.60. The number of aromatic nitrogens is 2. The molecule has 0 bridgehead atoms. The van der Waals surface area contributed by atoms with E-state index in [0.29, 0.717) is 40.8 Å². The molecular weight excluding hydrogens is 454 g/mol. The lowest BCUT2D eigenvalue weighted by atomic mass is 9.95. The third kappa shape index (κ3) is 4.14. The molecule has 1 fully saturated rings. The first-order valence-corrected chi connectivity index (χ1v) is 11.7. The number of ether oxygens (including phenoxy) is 2. The molecule has 1 N–H and O–H groups in total. The molecule has 4 rings (SSSR count). The number of carbonyl (C=O) groups excluding carboxylic acids is 2. The van der Waals surface area contributed by atoms with E-state index in [1.165, 1.54) is 23.3 Å². The fourth-order valence-electron chi connectivity index (χ4n) is 3.83. The number of methoxy groups -OCH3 is 1. The zero-order valence-corrected chi connectivity index (χ0v) is 20.2. The molecule has 2 aromatic carbocycles. The minimum Gasteiger partial charge on any atom is -0.507 e. The quantitative estimate of drug-likeness (QED) is 0.304. The summed E-state index contributed by atoms with van der Waals surface area (Å²) in [6.07, 6.45) is 0.645. The molecule has 1 atom stereocenters. The van der Waals surface area contributed by atoms with Crippen molar-refractivity contribution in [3.8, 4) is 11.5 Å². The van der Waals surface area contributed by atoms with E-state index < -0.39 is 17.7 Å². The van der Waals surface area contributed by atoms with E-state index in [-0.39, 0.29) is 11.3 Å². The average molecular weight is 480 g/mol. The fraction of sp³-hybridized carbons (Fsp3) is 0.280. The van der Waals surface area contributed by atoms with Gasteiger partial charge in [0.1, 0.15) is 10.8 Å². The molecule has 0 radical (unpaired) electrons. The molecule has 1 amide bonds. The normalized spacial score (nSPS) is 17.3. The number of Topliss-reactive ketones (excluding diaryl/α,β-unsaturated/α-hetero) is 1. The van der Waals surface area contributed by atoms with E-state index in [1.807, 2.05) is 32.9 Å². The highest BCUT2D eigenvalue weighted by Gasteiger charge is 2.48. The fourth-order valence-corrected chi connectivity index (χ4v) is 4.63. The number of benzene rings is 2. The van der Waals surface area contributed by atoms with Gasteiger partial charge in [0.05, 0.1) is 25.3 Å². The number of hydrogen-bond donors (Lipinski definition) is 1. The van der Waals surface area contributed by atoms with Gasteiger partial charge < -0.3 is 14.6 Å². The van der Waals surface area contributed by atoms with Crippen molar-refractivity contribution in [1.82, 2.24) is 10.2 Å². The number of aryl methyl sites for hydroxylation is 2. The number of nitrogens with zero attached hydrogens (tertiary/aromatic N) is 3. The zero-order chi connectivity index (χ0) is 24.4. The number of rotatable bonds is 7. The van der Waals surface area contributed by atoms with Crippen molar-refractivity contribution in [3.05, 3.63) is 69.7 Å². The molecule has 0 aliphatic carbocycles. The summed E-state index contributed by atoms with van der Waals surface area (Å²) in [5.74, 6) is -0.825. The van der Waals surface area contributed by atoms with Gasteiger partial charge >= 0.3 is 5.91 Å². The first kappa shape index (κ1) is 23.4. The van der Waals surface area contributed by atoms with Gasteiger partial charge in [0.25, 0.3) is 5.78 Å². The second kappa shape index (κ2) is 9.64. The molecule has 2 heterocycles. The number of carbonyl (C=O) groups is 2. The van der Waals surface area contributed by atoms with Gasteiger partial charge in [0.15, 0.2) is 11.5 Å². The van der Waals surface area contributed by atoms with Crippen LogP contribution in [0.25, 0.3) is 5.76 Å². The molecule has 3 aromatic rings. The molecule has 1 aliphatic heterocycles. The Kier molecular flexibility index (Phi) is 6.65. The van der Waals surface area contributed by atoms with Crippen LogP contribution in [0.5, 0.6) is 11.5 Å². The highest BCUT2D eigenvalue weighted by molar-refractivity contribution is 7.15. The molecule has 1 saturated heterocycles. The summed E-state index contributed by atoms with van der Waals surface area (Å²) in [4.78, 5) is 27.8. The van der Waals surface area contributed by atoms with Crippen LogP contribution in [-0.4, -0.2) is 40.7 Å². The largest absolute Gasteiger partial charge is 0.507 e. The molecule has 1 aromatic heterocycles. The van der Waals surface area contributed by atoms with Gasteiger partial charge in [-0.2, -0.15) is 0 Å². The molecule has 0 saturated carbocycles. The lowest BCUT2D eigenvalue weighted by Crippen LogP contribution is -2.29. The van der Waals surface area contributed by atoms with Crippen molar-refractivity contribution >= 4 is 33.9 Å². The first-order chi connectivity index (χ1) is 16.4. The number of hydrogen-bond acceptors (Lipinski definition) is 8. The van der Waals surface area contributed by atoms with Gasteiger partial charge in [0.2, 0.25) is 5.13 Å². The van der Waals surface area contributed by atoms with Crippen LogP contribution in [0.2, 0.25) is 0 Å². The average Bonchev–Trinajstić information content (AvgIpc) is 3.42. The Bertz CT molecular complexity index is 1270. The standard InChI is InChI=1S/C25H25N3O5S/c1-5-19-26-27-25(34-19)28-21(16-11-12-17(33-6-2)18(13-16)32-4)20(23(30)24(28)31)22(29)15-9-7-14(3)8-10-15/h7-13,21,29H,5-6H2,1-4H3/b22-20+. The maximum absolute atomic E-state index is 13.2. The molecule has 1 aliphatic rings. The van der Waals surface area contributed by atoms with Crippen molar-refractivity contribution in [2.24, 2.45) is 0 Å². The van der Waals surface area contributed by atoms with Crippen LogP contribution in [0.1, 0.15) is 41.6 Å². The predicted molar refractivity (Wildman–Crippen MR) is 129 cm³/mol. The van der Waals surface area contributed by atoms with Crippen molar-refractivity contribution < 1.29 is 24.2 Å². The van der Waals surface area contributed by atoms with Gasteiger partial charge in [-0.25, -0.2) is 0 Å². The van der Waals surface area contributed by atoms with Crippen LogP contribution in [0.4, 0.5) is 5.13 Å². The number of amides is 1. The highest BCUT2D eigenvalue weighted by Crippen LogP contribution is 2.44. The second-order valence-electron chi connectivity index (χ2n) is 7.71. The molecular formula is C25H25N3O5S. The molecule has 1 unspecified atom stereocenters. The van der Waals surface area contributed by atoms with Gasteiger partial charge in [-0.3, -0.25) is 14.5 Å². The van der Waals surface area contributed by atoms with Crippen molar-refractivity contribution in [2.45, 2.75) is 33.2 Å². The van der Waals surface area contributed by atoms with Crippen LogP contribution >= 0.6 is 11.3 Å². The monoisotopic (exact) mass is 479 g/mol. The number of aliphatic hydroxyl groups excluding tert-OH is 1. The Morgan fingerprint density at radius 2 is 1.82 bits per heavy atom. The van der Waals surface area contributed by atoms with Crippen LogP contribution < -0.4 is 14.4 Å². The van der Waals surface area contributed by atoms with E-state index in [9.17, 15) is 14.7 Å². The number of ketones is 1. The summed E-state index contributed by atoms with van der Waals surface area (Å²) in [5, 5.41) is 20.5. The van der Waals surface area contributed by atoms with E-state index in [4.69, 9.17) is 9.47 Å². The van der Waals surface area contributed by atoms with Crippen molar-refractivity contribution in [1.29, 1.82) is 0 Å². The predicted octanol–water partition coefficient (Wildman–Crippen LogP) is 4.44. The summed E-state index contributed by atoms with van der Waals surface area (Å²) in [7, 11) is 1.52. The lowest BCUT2D eigenvalue weighted by molar-refractivity contribution is -0.132. The molecule has 8 nitrogen and oxygen atoms in total. The first-order valence-electron chi connectivity index (χ1n) is 10.9. The summed E-state index contributed by atoms with van der Waals surface area (Å²) < 4.78 is 11.1. The molecule has 9 heteroatoms. The molecule has 34 heavy (non-hydrogen) atoms. The SMILES string of the molecule is CCOc1ccc(C2/C(=C(\O)c3ccc(C)cc3)C(=O)C(=O)N2c2nnc(CC)s2)cc1OC. The van der Waals surface area contributed by atoms with Crippen LogP contribution in [0.15, 0.2) is 48.0 Å². The Hall–Kier alpha value is -3.72. The van der Waals surface area contributed by atoms with Crippen LogP contribution in [-0.2, 0) is 16.0 Å². The lowest BCUT2D eigenvalue weighted by Gasteiger charge is -2.23. The minimum atomic E-state index is -0.913. The summed E-state index contributed by atoms with van der Waals surface area (Å²) >= 11 is 1.24. The Balaban J connectivity index is 1.93. The number of anilines is 1. The van der Waals surface area contributed by atoms with E-state index in [2.05, 4.69) is 10.2 Å². The van der Waals surface area contributed by atoms with E-state index in [0.717, 1.165) is 10.6 Å². The topological polar surface area (TPSA) is 102 Å². The smallest absolute Gasteiger partial charge is 0.301 e. The van der Waals surface area contributed by atoms with Crippen LogP contribution in [0.3, 0.4) is 0 Å². The number of aliphatic hydroxyl groups is 1. The molecule has 0 spiro atoms. The Morgan fingerprint density at radius 3 is 2.44 bits per heavy atom. The van der Waals surface area contributed by atoms with Crippen molar-refractivity contribution in [2.75, 3.05) is 18.6 Å². The maximum Gasteiger partial charge on any atom is 0.301 e. The second-order valence-corrected chi connectivity index (χ2v) is 8.75. The maximum atomic E-state index is 13.2. The third-order valence-electron chi connectivity index (χ3n) is 5.54. The molecule has 176 valence electrons. The zero-order valence-electron chi connectivity index (χ0n) is 19.4. The minimum absolute atomic E-state index is 0.0201. The van der Waals surface area contributed by atoms with Gasteiger partial charge in [0, 0.05) is 5.56 Å². The summed E-state index contributed by atoms with van der Waals surface area (Å²) in [5.41, 5.74) is 2.00. The van der Waals surface area contributed by atoms with Crippen LogP contribution in [0, 0.1) is 6.92 Å². The summed E-state index contributed by atoms with van der Waals surface area (Å²) in [6.45, 7) is 6.18. The van der Waals surface area contributed by atoms with E-state index in [1.54, 1.807) is 30.3 Å². The van der Waals surface area contributed by atoms with Gasteiger partial charge in [-0.05, 0) is 38.0 Å². The van der Waals surface area contributed by atoms with E-state index >= 15 is 0 Å². The van der Waals surface area contributed by atoms with Crippen molar-refractivity contribution in [3.63, 3.8) is 0 Å². The van der Waals surface area contributed by atoms with Gasteiger partial charge in [-0.15, -0.1) is 10.2 Å².